The molecule has 33 heavy (non-hydrogen) atoms. The van der Waals surface area contributed by atoms with Crippen molar-refractivity contribution in [3.8, 4) is 5.75 Å². The molecule has 1 aliphatic heterocycles. The number of aryl methyl sites for hydroxylation is 2. The van der Waals surface area contributed by atoms with Crippen molar-refractivity contribution in [2.75, 3.05) is 11.5 Å². The van der Waals surface area contributed by atoms with Gasteiger partial charge >= 0.3 is 0 Å². The number of anilines is 1. The minimum absolute atomic E-state index is 0.0414. The van der Waals surface area contributed by atoms with E-state index in [4.69, 9.17) is 4.74 Å². The summed E-state index contributed by atoms with van der Waals surface area (Å²) in [6.07, 6.45) is 5.26. The predicted octanol–water partition coefficient (Wildman–Crippen LogP) is 4.26. The normalized spacial score (nSPS) is 30.9. The lowest BCUT2D eigenvalue weighted by molar-refractivity contribution is -0.124. The van der Waals surface area contributed by atoms with Crippen molar-refractivity contribution in [1.82, 2.24) is 0 Å². The Morgan fingerprint density at radius 1 is 0.970 bits per heavy atom. The van der Waals surface area contributed by atoms with Crippen molar-refractivity contribution >= 4 is 23.3 Å². The minimum Gasteiger partial charge on any atom is -0.485 e. The maximum Gasteiger partial charge on any atom is 0.238 e. The molecule has 7 rings (SSSR count). The number of carbonyl (C=O) groups excluding carboxylic acids is 3. The molecule has 1 saturated heterocycles. The lowest BCUT2D eigenvalue weighted by Crippen LogP contribution is -2.40. The average molecular weight is 445 g/mol. The second kappa shape index (κ2) is 7.11. The standard InChI is InChI=1S/C27H24FNO4/c1-13-3-4-15(9-14(13)2)23(30)12-33-16-5-8-22(21(28)10-16)29-26(31)24-17-6-7-18(20-11-19(17)20)25(24)27(29)32/h3-10,17-20,24-25H,11-12H2,1-2H3/t17-,18+,19+,20-,24-,25+. The van der Waals surface area contributed by atoms with Crippen molar-refractivity contribution in [3.63, 3.8) is 0 Å². The molecule has 6 heteroatoms. The highest BCUT2D eigenvalue weighted by molar-refractivity contribution is 6.22. The van der Waals surface area contributed by atoms with E-state index in [1.165, 1.54) is 12.1 Å². The summed E-state index contributed by atoms with van der Waals surface area (Å²) >= 11 is 0. The van der Waals surface area contributed by atoms with Gasteiger partial charge in [0.15, 0.2) is 18.2 Å². The highest BCUT2D eigenvalue weighted by atomic mass is 19.1. The van der Waals surface area contributed by atoms with Crippen LogP contribution < -0.4 is 9.64 Å². The van der Waals surface area contributed by atoms with Gasteiger partial charge in [-0.25, -0.2) is 9.29 Å². The van der Waals surface area contributed by atoms with Crippen molar-refractivity contribution in [1.29, 1.82) is 0 Å². The summed E-state index contributed by atoms with van der Waals surface area (Å²) in [5, 5.41) is 0. The number of amides is 2. The van der Waals surface area contributed by atoms with Crippen LogP contribution >= 0.6 is 0 Å². The van der Waals surface area contributed by atoms with Gasteiger partial charge in [-0.1, -0.05) is 24.3 Å². The van der Waals surface area contributed by atoms with Crippen LogP contribution in [0, 0.1) is 55.2 Å². The Morgan fingerprint density at radius 2 is 1.64 bits per heavy atom. The van der Waals surface area contributed by atoms with E-state index in [9.17, 15) is 14.4 Å². The number of halogens is 1. The largest absolute Gasteiger partial charge is 0.485 e. The van der Waals surface area contributed by atoms with E-state index in [0.717, 1.165) is 28.5 Å². The van der Waals surface area contributed by atoms with Gasteiger partial charge in [0.05, 0.1) is 17.5 Å². The molecular weight excluding hydrogens is 421 g/mol. The number of ketones is 1. The number of hydrogen-bond acceptors (Lipinski definition) is 4. The number of hydrogen-bond donors (Lipinski definition) is 0. The van der Waals surface area contributed by atoms with Gasteiger partial charge in [-0.2, -0.15) is 0 Å². The molecule has 0 aromatic heterocycles. The smallest absolute Gasteiger partial charge is 0.238 e. The summed E-state index contributed by atoms with van der Waals surface area (Å²) in [6.45, 7) is 3.67. The molecule has 2 saturated carbocycles. The van der Waals surface area contributed by atoms with Crippen LogP contribution in [0.1, 0.15) is 27.9 Å². The number of ether oxygens (including phenoxy) is 1. The first-order chi connectivity index (χ1) is 15.8. The molecule has 1 heterocycles. The summed E-state index contributed by atoms with van der Waals surface area (Å²) in [7, 11) is 0. The Labute approximate surface area is 191 Å². The molecule has 5 aliphatic rings. The number of Topliss-reactive ketones (excluding diaryl/α,β-unsaturated/α-hetero) is 1. The molecule has 0 spiro atoms. The van der Waals surface area contributed by atoms with Gasteiger partial charge in [0, 0.05) is 11.6 Å². The first kappa shape index (κ1) is 20.3. The van der Waals surface area contributed by atoms with Crippen molar-refractivity contribution < 1.29 is 23.5 Å². The zero-order valence-electron chi connectivity index (χ0n) is 18.5. The fourth-order valence-electron chi connectivity index (χ4n) is 6.10. The fourth-order valence-corrected chi connectivity index (χ4v) is 6.10. The third-order valence-corrected chi connectivity index (χ3v) is 8.02. The van der Waals surface area contributed by atoms with Gasteiger partial charge in [0.2, 0.25) is 11.8 Å². The lowest BCUT2D eigenvalue weighted by Gasteiger charge is -2.37. The summed E-state index contributed by atoms with van der Waals surface area (Å²) in [6, 6.07) is 9.46. The number of benzene rings is 2. The van der Waals surface area contributed by atoms with Crippen molar-refractivity contribution in [2.24, 2.45) is 35.5 Å². The Bertz CT molecular complexity index is 1210. The average Bonchev–Trinajstić information content (AvgIpc) is 3.58. The van der Waals surface area contributed by atoms with Crippen LogP contribution in [0.25, 0.3) is 0 Å². The van der Waals surface area contributed by atoms with Crippen LogP contribution in [-0.2, 0) is 9.59 Å². The monoisotopic (exact) mass is 445 g/mol. The summed E-state index contributed by atoms with van der Waals surface area (Å²) in [5.74, 6) is -0.921. The van der Waals surface area contributed by atoms with Gasteiger partial charge < -0.3 is 4.74 Å². The zero-order chi connectivity index (χ0) is 23.0. The van der Waals surface area contributed by atoms with Crippen LogP contribution in [0.4, 0.5) is 10.1 Å². The predicted molar refractivity (Wildman–Crippen MR) is 119 cm³/mol. The third kappa shape index (κ3) is 3.00. The van der Waals surface area contributed by atoms with E-state index in [-0.39, 0.29) is 59.3 Å². The minimum atomic E-state index is -0.711. The molecule has 6 atom stereocenters. The molecule has 2 aromatic rings. The first-order valence-electron chi connectivity index (χ1n) is 11.4. The summed E-state index contributed by atoms with van der Waals surface area (Å²) in [4.78, 5) is 39.9. The lowest BCUT2D eigenvalue weighted by atomic mass is 9.63. The number of rotatable bonds is 5. The van der Waals surface area contributed by atoms with Gasteiger partial charge in [0.25, 0.3) is 0 Å². The second-order valence-electron chi connectivity index (χ2n) is 9.79. The topological polar surface area (TPSA) is 63.7 Å². The highest BCUT2D eigenvalue weighted by Gasteiger charge is 2.67. The van der Waals surface area contributed by atoms with E-state index in [1.54, 1.807) is 12.1 Å². The second-order valence-corrected chi connectivity index (χ2v) is 9.79. The highest BCUT2D eigenvalue weighted by Crippen LogP contribution is 2.65. The molecule has 0 N–H and O–H groups in total. The summed E-state index contributed by atoms with van der Waals surface area (Å²) < 4.78 is 20.6. The number of allylic oxidation sites excluding steroid dienone is 2. The zero-order valence-corrected chi connectivity index (χ0v) is 18.5. The van der Waals surface area contributed by atoms with E-state index in [0.29, 0.717) is 17.4 Å². The molecular formula is C27H24FNO4. The fraction of sp³-hybridized carbons (Fsp3) is 0.370. The molecule has 5 nitrogen and oxygen atoms in total. The first-order valence-corrected chi connectivity index (χ1v) is 11.4. The van der Waals surface area contributed by atoms with Gasteiger partial charge in [0.1, 0.15) is 5.75 Å². The van der Waals surface area contributed by atoms with Crippen LogP contribution in [0.3, 0.4) is 0 Å². The number of nitrogens with zero attached hydrogens (tertiary/aromatic N) is 1. The molecule has 0 radical (unpaired) electrons. The van der Waals surface area contributed by atoms with Crippen LogP contribution in [0.5, 0.6) is 5.75 Å². The van der Waals surface area contributed by atoms with Gasteiger partial charge in [-0.05, 0) is 73.3 Å². The maximum absolute atomic E-state index is 15.0. The Hall–Kier alpha value is -3.28. The number of carbonyl (C=O) groups is 3. The van der Waals surface area contributed by atoms with E-state index in [2.05, 4.69) is 12.2 Å². The van der Waals surface area contributed by atoms with Crippen LogP contribution in [0.15, 0.2) is 48.6 Å². The van der Waals surface area contributed by atoms with E-state index >= 15 is 4.39 Å². The quantitative estimate of drug-likeness (QED) is 0.392. The Balaban J connectivity index is 1.19. The van der Waals surface area contributed by atoms with E-state index < -0.39 is 5.82 Å². The molecule has 2 amide bonds. The SMILES string of the molecule is Cc1ccc(C(=O)COc2ccc(N3C(=O)[C@@H]4[C@@H]5C=C[C@@H]([C@H]6C[C@@H]56)[C@@H]4C3=O)c(F)c2)cc1C. The molecule has 0 unspecified atom stereocenters. The van der Waals surface area contributed by atoms with E-state index in [1.807, 2.05) is 19.9 Å². The van der Waals surface area contributed by atoms with Gasteiger partial charge in [-0.3, -0.25) is 14.4 Å². The Morgan fingerprint density at radius 3 is 2.24 bits per heavy atom. The molecule has 168 valence electrons. The van der Waals surface area contributed by atoms with Crippen molar-refractivity contribution in [3.05, 3.63) is 71.1 Å². The third-order valence-electron chi connectivity index (χ3n) is 8.02. The summed E-state index contributed by atoms with van der Waals surface area (Å²) in [5.41, 5.74) is 2.60. The Kier molecular flexibility index (Phi) is 4.38. The molecule has 2 aromatic carbocycles. The maximum atomic E-state index is 15.0. The molecule has 3 fully saturated rings. The van der Waals surface area contributed by atoms with Crippen LogP contribution in [-0.4, -0.2) is 24.2 Å². The molecule has 2 bridgehead atoms. The van der Waals surface area contributed by atoms with Gasteiger partial charge in [-0.15, -0.1) is 0 Å². The van der Waals surface area contributed by atoms with Crippen molar-refractivity contribution in [2.45, 2.75) is 20.3 Å². The molecule has 4 aliphatic carbocycles. The number of imide groups is 1. The van der Waals surface area contributed by atoms with Crippen LogP contribution in [0.2, 0.25) is 0 Å².